The average Bonchev–Trinajstić information content (AvgIpc) is 3.10. The van der Waals surface area contributed by atoms with Gasteiger partial charge in [-0.25, -0.2) is 9.67 Å². The van der Waals surface area contributed by atoms with Gasteiger partial charge in [-0.3, -0.25) is 4.79 Å². The number of likely N-dealkylation sites (tertiary alicyclic amines) is 1. The largest absolute Gasteiger partial charge is 0.417 e. The van der Waals surface area contributed by atoms with Crippen LogP contribution in [0.25, 0.3) is 5.82 Å². The molecule has 1 N–H and O–H groups in total. The maximum absolute atomic E-state index is 12.7. The minimum atomic E-state index is -4.44. The number of carbonyl (C=O) groups excluding carboxylic acids is 1. The van der Waals surface area contributed by atoms with Gasteiger partial charge in [-0.15, -0.1) is 0 Å². The maximum atomic E-state index is 12.7. The predicted molar refractivity (Wildman–Crippen MR) is 108 cm³/mol. The summed E-state index contributed by atoms with van der Waals surface area (Å²) < 4.78 is 39.4. The van der Waals surface area contributed by atoms with Gasteiger partial charge in [0.05, 0.1) is 23.0 Å². The molecule has 0 bridgehead atoms. The maximum Gasteiger partial charge on any atom is 0.417 e. The minimum Gasteiger partial charge on any atom is -0.352 e. The van der Waals surface area contributed by atoms with Gasteiger partial charge in [-0.1, -0.05) is 6.42 Å². The van der Waals surface area contributed by atoms with Gasteiger partial charge in [0, 0.05) is 18.8 Å². The average molecular weight is 423 g/mol. The summed E-state index contributed by atoms with van der Waals surface area (Å²) in [6.45, 7) is 6.74. The quantitative estimate of drug-likeness (QED) is 0.685. The summed E-state index contributed by atoms with van der Waals surface area (Å²) in [6, 6.07) is 2.83. The molecule has 0 saturated carbocycles. The first-order valence-corrected chi connectivity index (χ1v) is 10.4. The molecule has 1 amide bonds. The molecule has 164 valence electrons. The second kappa shape index (κ2) is 9.59. The van der Waals surface area contributed by atoms with Crippen molar-refractivity contribution in [1.29, 1.82) is 0 Å². The molecule has 0 radical (unpaired) electrons. The predicted octanol–water partition coefficient (Wildman–Crippen LogP) is 3.98. The third-order valence-electron chi connectivity index (χ3n) is 5.64. The Bertz CT molecular complexity index is 847. The Morgan fingerprint density at radius 3 is 2.70 bits per heavy atom. The molecule has 3 rings (SSSR count). The van der Waals surface area contributed by atoms with E-state index in [0.29, 0.717) is 23.8 Å². The van der Waals surface area contributed by atoms with Crippen LogP contribution in [0.4, 0.5) is 13.2 Å². The number of amides is 1. The lowest BCUT2D eigenvalue weighted by molar-refractivity contribution is -0.137. The number of halogens is 3. The van der Waals surface area contributed by atoms with E-state index in [1.807, 2.05) is 0 Å². The van der Waals surface area contributed by atoms with Crippen molar-refractivity contribution in [3.63, 3.8) is 0 Å². The Kier molecular flexibility index (Phi) is 7.12. The van der Waals surface area contributed by atoms with Crippen LogP contribution in [0, 0.1) is 6.92 Å². The molecule has 6 nitrogen and oxygen atoms in total. The van der Waals surface area contributed by atoms with E-state index >= 15 is 0 Å². The van der Waals surface area contributed by atoms with Crippen LogP contribution in [0.3, 0.4) is 0 Å². The van der Waals surface area contributed by atoms with Crippen molar-refractivity contribution in [2.45, 2.75) is 58.2 Å². The fourth-order valence-electron chi connectivity index (χ4n) is 3.77. The van der Waals surface area contributed by atoms with Crippen molar-refractivity contribution in [3.8, 4) is 5.82 Å². The van der Waals surface area contributed by atoms with Crippen molar-refractivity contribution in [2.24, 2.45) is 0 Å². The molecule has 0 spiro atoms. The molecule has 1 aliphatic heterocycles. The smallest absolute Gasteiger partial charge is 0.352 e. The van der Waals surface area contributed by atoms with Gasteiger partial charge in [0.15, 0.2) is 5.82 Å². The number of hydrogen-bond acceptors (Lipinski definition) is 4. The number of rotatable bonds is 7. The monoisotopic (exact) mass is 423 g/mol. The van der Waals surface area contributed by atoms with Crippen LogP contribution in [-0.2, 0) is 6.18 Å². The Hall–Kier alpha value is -2.42. The van der Waals surface area contributed by atoms with E-state index in [1.165, 1.54) is 36.2 Å². The zero-order valence-electron chi connectivity index (χ0n) is 17.4. The lowest BCUT2D eigenvalue weighted by Crippen LogP contribution is -2.38. The molecule has 30 heavy (non-hydrogen) atoms. The third kappa shape index (κ3) is 5.38. The van der Waals surface area contributed by atoms with Gasteiger partial charge in [0.2, 0.25) is 0 Å². The van der Waals surface area contributed by atoms with Gasteiger partial charge < -0.3 is 10.2 Å². The van der Waals surface area contributed by atoms with Crippen LogP contribution in [-0.4, -0.2) is 51.2 Å². The second-order valence-corrected chi connectivity index (χ2v) is 7.80. The molecule has 1 aliphatic rings. The Morgan fingerprint density at radius 2 is 2.03 bits per heavy atom. The zero-order chi connectivity index (χ0) is 21.7. The van der Waals surface area contributed by atoms with E-state index < -0.39 is 11.7 Å². The number of alkyl halides is 3. The van der Waals surface area contributed by atoms with Crippen molar-refractivity contribution in [1.82, 2.24) is 25.0 Å². The third-order valence-corrected chi connectivity index (χ3v) is 5.64. The highest BCUT2D eigenvalue weighted by molar-refractivity contribution is 5.95. The molecule has 1 fully saturated rings. The summed E-state index contributed by atoms with van der Waals surface area (Å²) in [5, 5.41) is 7.02. The summed E-state index contributed by atoms with van der Waals surface area (Å²) in [5.41, 5.74) is 0.0937. The molecule has 0 aromatic carbocycles. The molecule has 1 atom stereocenters. The second-order valence-electron chi connectivity index (χ2n) is 7.80. The van der Waals surface area contributed by atoms with E-state index in [-0.39, 0.29) is 11.7 Å². The van der Waals surface area contributed by atoms with Crippen LogP contribution in [0.2, 0.25) is 0 Å². The number of nitrogens with one attached hydrogen (secondary N) is 1. The normalized spacial score (nSPS) is 17.8. The fourth-order valence-corrected chi connectivity index (χ4v) is 3.77. The van der Waals surface area contributed by atoms with Crippen molar-refractivity contribution < 1.29 is 18.0 Å². The lowest BCUT2D eigenvalue weighted by atomic mass is 10.0. The summed E-state index contributed by atoms with van der Waals surface area (Å²) >= 11 is 0. The Morgan fingerprint density at radius 1 is 1.23 bits per heavy atom. The van der Waals surface area contributed by atoms with Gasteiger partial charge in [-0.2, -0.15) is 18.3 Å². The number of aromatic nitrogens is 3. The molecule has 2 aromatic rings. The number of nitrogens with zero attached hydrogens (tertiary/aromatic N) is 4. The van der Waals surface area contributed by atoms with Gasteiger partial charge >= 0.3 is 6.18 Å². The number of hydrogen-bond donors (Lipinski definition) is 1. The highest BCUT2D eigenvalue weighted by Gasteiger charge is 2.30. The molecule has 2 aromatic heterocycles. The molecular weight excluding hydrogens is 395 g/mol. The van der Waals surface area contributed by atoms with Crippen LogP contribution in [0.5, 0.6) is 0 Å². The van der Waals surface area contributed by atoms with E-state index in [9.17, 15) is 18.0 Å². The Labute approximate surface area is 174 Å². The molecular formula is C21H28F3N5O. The molecule has 3 heterocycles. The standard InChI is InChI=1S/C21H28F3N5O/c1-15-7-3-5-11-28(15)12-6-4-10-25-20(30)18-14-27-29(16(18)2)19-9-8-17(13-26-19)21(22,23)24/h8-9,13-15H,3-7,10-12H2,1-2H3,(H,25,30). The first kappa shape index (κ1) is 22.3. The summed E-state index contributed by atoms with van der Waals surface area (Å²) in [5.74, 6) is -0.00722. The van der Waals surface area contributed by atoms with Crippen LogP contribution >= 0.6 is 0 Å². The van der Waals surface area contributed by atoms with Crippen molar-refractivity contribution >= 4 is 5.91 Å². The highest BCUT2D eigenvalue weighted by atomic mass is 19.4. The Balaban J connectivity index is 1.50. The summed E-state index contributed by atoms with van der Waals surface area (Å²) in [4.78, 5) is 18.8. The highest BCUT2D eigenvalue weighted by Crippen LogP contribution is 2.28. The molecule has 0 aliphatic carbocycles. The summed E-state index contributed by atoms with van der Waals surface area (Å²) in [7, 11) is 0. The van der Waals surface area contributed by atoms with E-state index in [2.05, 4.69) is 27.2 Å². The number of unbranched alkanes of at least 4 members (excludes halogenated alkanes) is 1. The van der Waals surface area contributed by atoms with Crippen LogP contribution < -0.4 is 5.32 Å². The number of pyridine rings is 1. The van der Waals surface area contributed by atoms with Crippen molar-refractivity contribution in [2.75, 3.05) is 19.6 Å². The van der Waals surface area contributed by atoms with Crippen LogP contribution in [0.15, 0.2) is 24.5 Å². The van der Waals surface area contributed by atoms with Crippen LogP contribution in [0.1, 0.15) is 60.6 Å². The molecule has 1 saturated heterocycles. The van der Waals surface area contributed by atoms with Crippen molar-refractivity contribution in [3.05, 3.63) is 41.3 Å². The zero-order valence-corrected chi connectivity index (χ0v) is 17.4. The van der Waals surface area contributed by atoms with E-state index in [0.717, 1.165) is 38.2 Å². The van der Waals surface area contributed by atoms with Gasteiger partial charge in [0.25, 0.3) is 5.91 Å². The van der Waals surface area contributed by atoms with E-state index in [1.54, 1.807) is 6.92 Å². The first-order valence-electron chi connectivity index (χ1n) is 10.4. The van der Waals surface area contributed by atoms with Gasteiger partial charge in [0.1, 0.15) is 0 Å². The fraction of sp³-hybridized carbons (Fsp3) is 0.571. The first-order chi connectivity index (χ1) is 14.3. The minimum absolute atomic E-state index is 0.232. The summed E-state index contributed by atoms with van der Waals surface area (Å²) in [6.07, 6.45) is 3.48. The van der Waals surface area contributed by atoms with Gasteiger partial charge in [-0.05, 0) is 64.8 Å². The SMILES string of the molecule is Cc1c(C(=O)NCCCCN2CCCCC2C)cnn1-c1ccc(C(F)(F)F)cn1. The van der Waals surface area contributed by atoms with E-state index in [4.69, 9.17) is 0 Å². The molecule has 9 heteroatoms. The molecule has 1 unspecified atom stereocenters. The number of piperidine rings is 1. The number of carbonyl (C=O) groups is 1. The topological polar surface area (TPSA) is 63.1 Å². The lowest BCUT2D eigenvalue weighted by Gasteiger charge is -2.33.